The minimum absolute atomic E-state index is 0.0863. The molecule has 0 aliphatic rings. The Hall–Kier alpha value is -1.96. The van der Waals surface area contributed by atoms with Crippen molar-refractivity contribution in [2.24, 2.45) is 0 Å². The first kappa shape index (κ1) is 17.4. The van der Waals surface area contributed by atoms with Crippen LogP contribution < -0.4 is 10.0 Å². The lowest BCUT2D eigenvalue weighted by atomic mass is 10.2. The molecule has 0 unspecified atom stereocenters. The third-order valence-corrected chi connectivity index (χ3v) is 4.72. The molecule has 0 bridgehead atoms. The molecule has 1 aromatic carbocycles. The van der Waals surface area contributed by atoms with Crippen molar-refractivity contribution < 1.29 is 13.2 Å². The highest BCUT2D eigenvalue weighted by Crippen LogP contribution is 2.09. The summed E-state index contributed by atoms with van der Waals surface area (Å²) in [6, 6.07) is 9.58. The monoisotopic (exact) mass is 353 g/mol. The van der Waals surface area contributed by atoms with E-state index >= 15 is 0 Å². The number of nitrogens with zero attached hydrogens (tertiary/aromatic N) is 1. The number of aromatic nitrogens is 1. The minimum atomic E-state index is -3.58. The number of sulfonamides is 1. The Morgan fingerprint density at radius 2 is 1.83 bits per heavy atom. The summed E-state index contributed by atoms with van der Waals surface area (Å²) in [6.07, 6.45) is 1.36. The summed E-state index contributed by atoms with van der Waals surface area (Å²) in [4.78, 5) is 15.8. The van der Waals surface area contributed by atoms with Gasteiger partial charge in [-0.2, -0.15) is 0 Å². The van der Waals surface area contributed by atoms with Crippen molar-refractivity contribution in [2.45, 2.75) is 11.8 Å². The largest absolute Gasteiger partial charge is 0.351 e. The zero-order valence-electron chi connectivity index (χ0n) is 12.4. The van der Waals surface area contributed by atoms with Crippen LogP contribution in [-0.4, -0.2) is 32.4 Å². The van der Waals surface area contributed by atoms with Crippen LogP contribution in [0.15, 0.2) is 47.5 Å². The van der Waals surface area contributed by atoms with E-state index in [0.717, 1.165) is 5.56 Å². The molecular weight excluding hydrogens is 338 g/mol. The number of benzene rings is 1. The zero-order valence-corrected chi connectivity index (χ0v) is 14.0. The Labute approximate surface area is 139 Å². The van der Waals surface area contributed by atoms with Gasteiger partial charge in [-0.15, -0.1) is 0 Å². The Balaban J connectivity index is 1.83. The first-order valence-corrected chi connectivity index (χ1v) is 8.71. The number of halogens is 1. The normalized spacial score (nSPS) is 11.2. The standard InChI is InChI=1S/C15H16ClN3O3S/c1-11-2-5-13(6-3-11)23(21,22)19-9-8-17-15(20)12-4-7-14(16)18-10-12/h2-7,10,19H,8-9H2,1H3,(H,17,20). The molecule has 2 N–H and O–H groups in total. The molecule has 0 spiro atoms. The molecule has 122 valence electrons. The number of carbonyl (C=O) groups excluding carboxylic acids is 1. The van der Waals surface area contributed by atoms with E-state index in [2.05, 4.69) is 15.0 Å². The molecule has 1 heterocycles. The van der Waals surface area contributed by atoms with E-state index in [0.29, 0.717) is 10.7 Å². The first-order chi connectivity index (χ1) is 10.9. The van der Waals surface area contributed by atoms with Crippen molar-refractivity contribution in [3.05, 3.63) is 58.9 Å². The third kappa shape index (κ3) is 5.02. The molecule has 6 nitrogen and oxygen atoms in total. The molecule has 0 aliphatic carbocycles. The quantitative estimate of drug-likeness (QED) is 0.611. The number of amides is 1. The van der Waals surface area contributed by atoms with Gasteiger partial charge in [0.05, 0.1) is 10.5 Å². The lowest BCUT2D eigenvalue weighted by Crippen LogP contribution is -2.34. The van der Waals surface area contributed by atoms with Gasteiger partial charge >= 0.3 is 0 Å². The van der Waals surface area contributed by atoms with Crippen molar-refractivity contribution in [1.82, 2.24) is 15.0 Å². The second kappa shape index (κ2) is 7.54. The van der Waals surface area contributed by atoms with E-state index in [1.54, 1.807) is 18.2 Å². The van der Waals surface area contributed by atoms with Crippen LogP contribution in [0.2, 0.25) is 5.15 Å². The minimum Gasteiger partial charge on any atom is -0.351 e. The molecule has 1 amide bonds. The van der Waals surface area contributed by atoms with Gasteiger partial charge < -0.3 is 5.32 Å². The molecular formula is C15H16ClN3O3S. The molecule has 0 radical (unpaired) electrons. The van der Waals surface area contributed by atoms with Gasteiger partial charge in [0.1, 0.15) is 5.15 Å². The van der Waals surface area contributed by atoms with Crippen LogP contribution in [0.1, 0.15) is 15.9 Å². The molecule has 8 heteroatoms. The molecule has 2 aromatic rings. The van der Waals surface area contributed by atoms with Gasteiger partial charge in [0.25, 0.3) is 5.91 Å². The predicted molar refractivity (Wildman–Crippen MR) is 87.9 cm³/mol. The molecule has 1 aromatic heterocycles. The third-order valence-electron chi connectivity index (χ3n) is 3.02. The van der Waals surface area contributed by atoms with Crippen LogP contribution in [0.5, 0.6) is 0 Å². The van der Waals surface area contributed by atoms with Gasteiger partial charge in [-0.05, 0) is 31.2 Å². The molecule has 0 fully saturated rings. The number of hydrogen-bond donors (Lipinski definition) is 2. The molecule has 0 atom stereocenters. The Bertz CT molecular complexity index is 775. The Morgan fingerprint density at radius 3 is 2.43 bits per heavy atom. The topological polar surface area (TPSA) is 88.2 Å². The Morgan fingerprint density at radius 1 is 1.13 bits per heavy atom. The lowest BCUT2D eigenvalue weighted by molar-refractivity contribution is 0.0954. The maximum Gasteiger partial charge on any atom is 0.252 e. The van der Waals surface area contributed by atoms with Crippen molar-refractivity contribution >= 4 is 27.5 Å². The van der Waals surface area contributed by atoms with E-state index < -0.39 is 10.0 Å². The second-order valence-electron chi connectivity index (χ2n) is 4.84. The summed E-state index contributed by atoms with van der Waals surface area (Å²) in [5.74, 6) is -0.344. The highest BCUT2D eigenvalue weighted by molar-refractivity contribution is 7.89. The van der Waals surface area contributed by atoms with E-state index in [4.69, 9.17) is 11.6 Å². The maximum absolute atomic E-state index is 12.0. The van der Waals surface area contributed by atoms with Gasteiger partial charge in [0.15, 0.2) is 0 Å². The number of aryl methyl sites for hydroxylation is 1. The van der Waals surface area contributed by atoms with Crippen LogP contribution >= 0.6 is 11.6 Å². The van der Waals surface area contributed by atoms with Crippen molar-refractivity contribution in [3.63, 3.8) is 0 Å². The van der Waals surface area contributed by atoms with Gasteiger partial charge in [-0.25, -0.2) is 18.1 Å². The van der Waals surface area contributed by atoms with Crippen molar-refractivity contribution in [2.75, 3.05) is 13.1 Å². The van der Waals surface area contributed by atoms with E-state index in [1.165, 1.54) is 24.4 Å². The summed E-state index contributed by atoms with van der Waals surface area (Å²) in [5, 5.41) is 2.90. The summed E-state index contributed by atoms with van der Waals surface area (Å²) in [5.41, 5.74) is 1.34. The highest BCUT2D eigenvalue weighted by Gasteiger charge is 2.13. The summed E-state index contributed by atoms with van der Waals surface area (Å²) in [6.45, 7) is 2.13. The van der Waals surface area contributed by atoms with E-state index in [9.17, 15) is 13.2 Å². The average Bonchev–Trinajstić information content (AvgIpc) is 2.52. The first-order valence-electron chi connectivity index (χ1n) is 6.84. The molecule has 0 saturated carbocycles. The van der Waals surface area contributed by atoms with Crippen LogP contribution in [0.25, 0.3) is 0 Å². The number of pyridine rings is 1. The van der Waals surface area contributed by atoms with Crippen LogP contribution in [0.4, 0.5) is 0 Å². The fraction of sp³-hybridized carbons (Fsp3) is 0.200. The number of rotatable bonds is 6. The average molecular weight is 354 g/mol. The second-order valence-corrected chi connectivity index (χ2v) is 6.99. The molecule has 2 rings (SSSR count). The zero-order chi connectivity index (χ0) is 16.9. The van der Waals surface area contributed by atoms with Crippen molar-refractivity contribution in [3.8, 4) is 0 Å². The highest BCUT2D eigenvalue weighted by atomic mass is 35.5. The van der Waals surface area contributed by atoms with Crippen LogP contribution in [0.3, 0.4) is 0 Å². The predicted octanol–water partition coefficient (Wildman–Crippen LogP) is 1.75. The fourth-order valence-corrected chi connectivity index (χ4v) is 2.92. The molecule has 23 heavy (non-hydrogen) atoms. The van der Waals surface area contributed by atoms with E-state index in [-0.39, 0.29) is 23.9 Å². The van der Waals surface area contributed by atoms with Crippen LogP contribution in [-0.2, 0) is 10.0 Å². The number of hydrogen-bond acceptors (Lipinski definition) is 4. The maximum atomic E-state index is 12.0. The SMILES string of the molecule is Cc1ccc(S(=O)(=O)NCCNC(=O)c2ccc(Cl)nc2)cc1. The lowest BCUT2D eigenvalue weighted by Gasteiger charge is -2.08. The van der Waals surface area contributed by atoms with Gasteiger partial charge in [0, 0.05) is 19.3 Å². The van der Waals surface area contributed by atoms with Gasteiger partial charge in [0.2, 0.25) is 10.0 Å². The summed E-state index contributed by atoms with van der Waals surface area (Å²) >= 11 is 5.64. The van der Waals surface area contributed by atoms with Crippen molar-refractivity contribution in [1.29, 1.82) is 0 Å². The van der Waals surface area contributed by atoms with Gasteiger partial charge in [-0.1, -0.05) is 29.3 Å². The Kier molecular flexibility index (Phi) is 5.70. The molecule has 0 saturated heterocycles. The number of carbonyl (C=O) groups is 1. The molecule has 0 aliphatic heterocycles. The van der Waals surface area contributed by atoms with Crippen LogP contribution in [0, 0.1) is 6.92 Å². The van der Waals surface area contributed by atoms with E-state index in [1.807, 2.05) is 6.92 Å². The smallest absolute Gasteiger partial charge is 0.252 e. The van der Waals surface area contributed by atoms with Gasteiger partial charge in [-0.3, -0.25) is 4.79 Å². The summed E-state index contributed by atoms with van der Waals surface area (Å²) in [7, 11) is -3.58. The fourth-order valence-electron chi connectivity index (χ4n) is 1.77. The summed E-state index contributed by atoms with van der Waals surface area (Å²) < 4.78 is 26.5. The number of nitrogens with one attached hydrogen (secondary N) is 2.